The minimum Gasteiger partial charge on any atom is -0.493 e. The molecule has 1 aromatic rings. The molecule has 0 aliphatic rings. The van der Waals surface area contributed by atoms with Crippen LogP contribution in [-0.2, 0) is 16.0 Å². The van der Waals surface area contributed by atoms with Gasteiger partial charge in [-0.15, -0.1) is 0 Å². The maximum Gasteiger partial charge on any atom is 0.242 e. The topological polar surface area (TPSA) is 67.4 Å². The average Bonchev–Trinajstić information content (AvgIpc) is 2.35. The van der Waals surface area contributed by atoms with E-state index >= 15 is 0 Å². The third-order valence-corrected chi connectivity index (χ3v) is 2.25. The van der Waals surface area contributed by atoms with Crippen molar-refractivity contribution in [2.24, 2.45) is 5.92 Å². The number of hydrogen-bond acceptors (Lipinski definition) is 3. The van der Waals surface area contributed by atoms with E-state index in [1.807, 2.05) is 24.3 Å². The molecule has 0 aromatic heterocycles. The molecule has 2 amide bonds. The Morgan fingerprint density at radius 3 is 2.32 bits per heavy atom. The van der Waals surface area contributed by atoms with Crippen molar-refractivity contribution < 1.29 is 14.3 Å². The molecule has 19 heavy (non-hydrogen) atoms. The molecule has 0 unspecified atom stereocenters. The summed E-state index contributed by atoms with van der Waals surface area (Å²) in [4.78, 5) is 22.1. The van der Waals surface area contributed by atoms with Gasteiger partial charge in [0.15, 0.2) is 0 Å². The van der Waals surface area contributed by atoms with Crippen LogP contribution < -0.4 is 15.6 Å². The molecule has 0 saturated heterocycles. The number of carbonyl (C=O) groups is 2. The van der Waals surface area contributed by atoms with Crippen molar-refractivity contribution in [3.8, 4) is 5.75 Å². The van der Waals surface area contributed by atoms with Crippen LogP contribution in [0.5, 0.6) is 5.75 Å². The second kappa shape index (κ2) is 7.41. The van der Waals surface area contributed by atoms with Crippen LogP contribution in [0.15, 0.2) is 24.3 Å². The highest BCUT2D eigenvalue weighted by Crippen LogP contribution is 2.13. The summed E-state index contributed by atoms with van der Waals surface area (Å²) in [6.07, 6.45) is 0.213. The maximum absolute atomic E-state index is 11.5. The molecule has 1 aromatic carbocycles. The zero-order chi connectivity index (χ0) is 14.3. The first-order valence-corrected chi connectivity index (χ1v) is 6.24. The van der Waals surface area contributed by atoms with Gasteiger partial charge in [-0.1, -0.05) is 26.0 Å². The molecule has 0 atom stereocenters. The standard InChI is InChI=1S/C14H20N2O3/c1-10(2)9-19-13-6-4-12(5-7-13)8-14(18)16-15-11(3)17/h4-7,10H,8-9H2,1-3H3,(H,15,17)(H,16,18). The van der Waals surface area contributed by atoms with Gasteiger partial charge in [0, 0.05) is 6.92 Å². The van der Waals surface area contributed by atoms with Crippen molar-refractivity contribution in [3.63, 3.8) is 0 Å². The van der Waals surface area contributed by atoms with Gasteiger partial charge in [-0.3, -0.25) is 20.4 Å². The van der Waals surface area contributed by atoms with E-state index in [0.29, 0.717) is 12.5 Å². The summed E-state index contributed by atoms with van der Waals surface area (Å²) in [5, 5.41) is 0. The van der Waals surface area contributed by atoms with Gasteiger partial charge in [0.2, 0.25) is 11.8 Å². The summed E-state index contributed by atoms with van der Waals surface area (Å²) in [6.45, 7) is 6.17. The summed E-state index contributed by atoms with van der Waals surface area (Å²) in [7, 11) is 0. The summed E-state index contributed by atoms with van der Waals surface area (Å²) in [6, 6.07) is 7.35. The fourth-order valence-electron chi connectivity index (χ4n) is 1.35. The Balaban J connectivity index is 2.43. The molecular formula is C14H20N2O3. The van der Waals surface area contributed by atoms with Crippen LogP contribution in [0.4, 0.5) is 0 Å². The summed E-state index contributed by atoms with van der Waals surface area (Å²) in [5.74, 6) is 0.708. The fraction of sp³-hybridized carbons (Fsp3) is 0.429. The number of carbonyl (C=O) groups excluding carboxylic acids is 2. The molecule has 0 radical (unpaired) electrons. The molecule has 1 rings (SSSR count). The monoisotopic (exact) mass is 264 g/mol. The highest BCUT2D eigenvalue weighted by molar-refractivity contribution is 5.82. The Kier molecular flexibility index (Phi) is 5.85. The molecule has 2 N–H and O–H groups in total. The summed E-state index contributed by atoms with van der Waals surface area (Å²) in [5.41, 5.74) is 5.42. The van der Waals surface area contributed by atoms with Gasteiger partial charge < -0.3 is 4.74 Å². The minimum atomic E-state index is -0.300. The molecule has 0 saturated carbocycles. The van der Waals surface area contributed by atoms with Crippen LogP contribution in [0.25, 0.3) is 0 Å². The third-order valence-electron chi connectivity index (χ3n) is 2.25. The maximum atomic E-state index is 11.5. The molecule has 0 bridgehead atoms. The molecule has 0 aliphatic carbocycles. The number of benzene rings is 1. The lowest BCUT2D eigenvalue weighted by molar-refractivity contribution is -0.127. The smallest absolute Gasteiger partial charge is 0.242 e. The Labute approximate surface area is 113 Å². The normalized spacial score (nSPS) is 10.1. The lowest BCUT2D eigenvalue weighted by Gasteiger charge is -2.09. The van der Waals surface area contributed by atoms with Gasteiger partial charge in [-0.2, -0.15) is 0 Å². The molecule has 0 fully saturated rings. The first kappa shape index (κ1) is 15.0. The number of hydrazine groups is 1. The van der Waals surface area contributed by atoms with Crippen LogP contribution in [0, 0.1) is 5.92 Å². The first-order chi connectivity index (χ1) is 8.97. The minimum absolute atomic E-state index is 0.213. The molecule has 104 valence electrons. The Bertz CT molecular complexity index is 427. The molecule has 5 nitrogen and oxygen atoms in total. The molecule has 0 heterocycles. The SMILES string of the molecule is CC(=O)NNC(=O)Cc1ccc(OCC(C)C)cc1. The Morgan fingerprint density at radius 1 is 1.16 bits per heavy atom. The predicted molar refractivity (Wildman–Crippen MR) is 72.4 cm³/mol. The highest BCUT2D eigenvalue weighted by atomic mass is 16.5. The van der Waals surface area contributed by atoms with Gasteiger partial charge in [-0.25, -0.2) is 0 Å². The van der Waals surface area contributed by atoms with Crippen LogP contribution in [0.2, 0.25) is 0 Å². The van der Waals surface area contributed by atoms with Crippen molar-refractivity contribution in [3.05, 3.63) is 29.8 Å². The molecule has 0 spiro atoms. The van der Waals surface area contributed by atoms with E-state index < -0.39 is 0 Å². The zero-order valence-electron chi connectivity index (χ0n) is 11.5. The van der Waals surface area contributed by atoms with Crippen LogP contribution >= 0.6 is 0 Å². The molecular weight excluding hydrogens is 244 g/mol. The van der Waals surface area contributed by atoms with E-state index in [1.165, 1.54) is 6.92 Å². The average molecular weight is 264 g/mol. The number of nitrogens with one attached hydrogen (secondary N) is 2. The second-order valence-electron chi connectivity index (χ2n) is 4.75. The van der Waals surface area contributed by atoms with Gasteiger partial charge in [0.05, 0.1) is 13.0 Å². The quantitative estimate of drug-likeness (QED) is 0.791. The van der Waals surface area contributed by atoms with Gasteiger partial charge >= 0.3 is 0 Å². The van der Waals surface area contributed by atoms with E-state index in [9.17, 15) is 9.59 Å². The van der Waals surface area contributed by atoms with Crippen molar-refractivity contribution in [2.45, 2.75) is 27.2 Å². The van der Waals surface area contributed by atoms with E-state index in [2.05, 4.69) is 24.7 Å². The van der Waals surface area contributed by atoms with Crippen LogP contribution in [-0.4, -0.2) is 18.4 Å². The van der Waals surface area contributed by atoms with E-state index in [-0.39, 0.29) is 18.2 Å². The molecule has 0 aliphatic heterocycles. The van der Waals surface area contributed by atoms with Gasteiger partial charge in [0.1, 0.15) is 5.75 Å². The molecule has 5 heteroatoms. The van der Waals surface area contributed by atoms with Crippen molar-refractivity contribution in [1.29, 1.82) is 0 Å². The summed E-state index contributed by atoms with van der Waals surface area (Å²) >= 11 is 0. The largest absolute Gasteiger partial charge is 0.493 e. The third kappa shape index (κ3) is 6.45. The Hall–Kier alpha value is -2.04. The van der Waals surface area contributed by atoms with E-state index in [4.69, 9.17) is 4.74 Å². The first-order valence-electron chi connectivity index (χ1n) is 6.24. The number of hydrogen-bond donors (Lipinski definition) is 2. The lowest BCUT2D eigenvalue weighted by Crippen LogP contribution is -2.41. The van der Waals surface area contributed by atoms with Crippen molar-refractivity contribution in [2.75, 3.05) is 6.61 Å². The number of rotatable bonds is 5. The lowest BCUT2D eigenvalue weighted by atomic mass is 10.1. The fourth-order valence-corrected chi connectivity index (χ4v) is 1.35. The van der Waals surface area contributed by atoms with Crippen molar-refractivity contribution in [1.82, 2.24) is 10.9 Å². The van der Waals surface area contributed by atoms with Crippen LogP contribution in [0.1, 0.15) is 26.3 Å². The second-order valence-corrected chi connectivity index (χ2v) is 4.75. The summed E-state index contributed by atoms with van der Waals surface area (Å²) < 4.78 is 5.55. The van der Waals surface area contributed by atoms with Gasteiger partial charge in [0.25, 0.3) is 0 Å². The van der Waals surface area contributed by atoms with Crippen LogP contribution in [0.3, 0.4) is 0 Å². The van der Waals surface area contributed by atoms with E-state index in [1.54, 1.807) is 0 Å². The van der Waals surface area contributed by atoms with Crippen molar-refractivity contribution >= 4 is 11.8 Å². The Morgan fingerprint density at radius 2 is 1.79 bits per heavy atom. The highest BCUT2D eigenvalue weighted by Gasteiger charge is 2.04. The zero-order valence-corrected chi connectivity index (χ0v) is 11.5. The number of ether oxygens (including phenoxy) is 1. The predicted octanol–water partition coefficient (Wildman–Crippen LogP) is 1.43. The van der Waals surface area contributed by atoms with Gasteiger partial charge in [-0.05, 0) is 23.6 Å². The number of amides is 2. The van der Waals surface area contributed by atoms with E-state index in [0.717, 1.165) is 11.3 Å².